The average molecular weight is 232 g/mol. The smallest absolute Gasteiger partial charge is 0.233 e. The van der Waals surface area contributed by atoms with Gasteiger partial charge in [0.15, 0.2) is 4.96 Å². The first-order chi connectivity index (χ1) is 7.74. The molecule has 0 amide bonds. The molecule has 3 aromatic rings. The minimum Gasteiger partial charge on any atom is -0.474 e. The third-order valence-electron chi connectivity index (χ3n) is 2.33. The number of aromatic nitrogens is 2. The third-order valence-corrected chi connectivity index (χ3v) is 3.37. The van der Waals surface area contributed by atoms with Gasteiger partial charge in [0.2, 0.25) is 5.88 Å². The molecule has 82 valence electrons. The van der Waals surface area contributed by atoms with Crippen molar-refractivity contribution in [1.82, 2.24) is 9.38 Å². The first-order valence-electron chi connectivity index (χ1n) is 5.27. The molecule has 0 aliphatic rings. The average Bonchev–Trinajstić information content (AvgIpc) is 2.73. The molecule has 0 aliphatic heterocycles. The Bertz CT molecular complexity index is 639. The van der Waals surface area contributed by atoms with Crippen molar-refractivity contribution in [3.05, 3.63) is 30.5 Å². The number of hydrogen-bond donors (Lipinski definition) is 0. The van der Waals surface area contributed by atoms with E-state index >= 15 is 0 Å². The molecule has 16 heavy (non-hydrogen) atoms. The highest BCUT2D eigenvalue weighted by Gasteiger charge is 2.09. The first kappa shape index (κ1) is 9.66. The van der Waals surface area contributed by atoms with Crippen molar-refractivity contribution in [2.24, 2.45) is 0 Å². The van der Waals surface area contributed by atoms with Crippen molar-refractivity contribution < 1.29 is 4.74 Å². The number of fused-ring (bicyclic) bond motifs is 3. The Morgan fingerprint density at radius 2 is 2.12 bits per heavy atom. The molecule has 0 aliphatic carbocycles. The van der Waals surface area contributed by atoms with Crippen LogP contribution < -0.4 is 4.74 Å². The molecule has 0 atom stereocenters. The van der Waals surface area contributed by atoms with Gasteiger partial charge >= 0.3 is 0 Å². The van der Waals surface area contributed by atoms with Crippen LogP contribution in [0.2, 0.25) is 0 Å². The maximum atomic E-state index is 5.58. The summed E-state index contributed by atoms with van der Waals surface area (Å²) in [7, 11) is 0. The minimum absolute atomic E-state index is 0.163. The molecule has 0 saturated carbocycles. The number of para-hydroxylation sites is 1. The molecule has 0 unspecified atom stereocenters. The van der Waals surface area contributed by atoms with Crippen LogP contribution in [-0.4, -0.2) is 15.5 Å². The second-order valence-corrected chi connectivity index (χ2v) is 4.98. The highest BCUT2D eigenvalue weighted by Crippen LogP contribution is 2.28. The lowest BCUT2D eigenvalue weighted by atomic mass is 10.3. The van der Waals surface area contributed by atoms with E-state index in [0.29, 0.717) is 5.88 Å². The summed E-state index contributed by atoms with van der Waals surface area (Å²) >= 11 is 1.68. The minimum atomic E-state index is 0.163. The van der Waals surface area contributed by atoms with Crippen LogP contribution in [0.15, 0.2) is 30.5 Å². The van der Waals surface area contributed by atoms with Crippen molar-refractivity contribution in [3.8, 4) is 5.88 Å². The van der Waals surface area contributed by atoms with Gasteiger partial charge in [-0.25, -0.2) is 0 Å². The van der Waals surface area contributed by atoms with Crippen molar-refractivity contribution in [2.75, 3.05) is 0 Å². The Balaban J connectivity index is 2.18. The van der Waals surface area contributed by atoms with E-state index < -0.39 is 0 Å². The van der Waals surface area contributed by atoms with Crippen LogP contribution in [0, 0.1) is 0 Å². The molecule has 0 radical (unpaired) electrons. The number of ether oxygens (including phenoxy) is 1. The largest absolute Gasteiger partial charge is 0.474 e. The van der Waals surface area contributed by atoms with Crippen LogP contribution in [0.25, 0.3) is 15.2 Å². The molecular formula is C12H12N2OS. The normalized spacial score (nSPS) is 11.7. The zero-order valence-corrected chi connectivity index (χ0v) is 9.99. The van der Waals surface area contributed by atoms with Crippen molar-refractivity contribution in [1.29, 1.82) is 0 Å². The van der Waals surface area contributed by atoms with Crippen LogP contribution in [-0.2, 0) is 0 Å². The van der Waals surface area contributed by atoms with E-state index in [0.717, 1.165) is 4.96 Å². The van der Waals surface area contributed by atoms with Crippen LogP contribution >= 0.6 is 11.3 Å². The van der Waals surface area contributed by atoms with Crippen LogP contribution in [0.4, 0.5) is 0 Å². The van der Waals surface area contributed by atoms with Crippen molar-refractivity contribution >= 4 is 26.5 Å². The topological polar surface area (TPSA) is 26.5 Å². The van der Waals surface area contributed by atoms with Gasteiger partial charge in [0.05, 0.1) is 22.5 Å². The zero-order valence-electron chi connectivity index (χ0n) is 9.18. The molecule has 1 aromatic carbocycles. The number of nitrogens with zero attached hydrogens (tertiary/aromatic N) is 2. The summed E-state index contributed by atoms with van der Waals surface area (Å²) in [4.78, 5) is 5.43. The molecule has 2 heterocycles. The highest BCUT2D eigenvalue weighted by molar-refractivity contribution is 7.23. The van der Waals surface area contributed by atoms with E-state index in [2.05, 4.69) is 21.5 Å². The Hall–Kier alpha value is -1.55. The molecule has 0 saturated heterocycles. The van der Waals surface area contributed by atoms with Crippen LogP contribution in [0.3, 0.4) is 0 Å². The third kappa shape index (κ3) is 1.46. The number of imidazole rings is 1. The molecule has 4 heteroatoms. The molecule has 0 N–H and O–H groups in total. The van der Waals surface area contributed by atoms with E-state index in [1.165, 1.54) is 10.2 Å². The van der Waals surface area contributed by atoms with Gasteiger partial charge < -0.3 is 4.74 Å². The van der Waals surface area contributed by atoms with E-state index in [1.807, 2.05) is 32.2 Å². The van der Waals surface area contributed by atoms with Gasteiger partial charge in [0.1, 0.15) is 0 Å². The summed E-state index contributed by atoms with van der Waals surface area (Å²) in [5, 5.41) is 0. The van der Waals surface area contributed by atoms with E-state index in [1.54, 1.807) is 11.3 Å². The van der Waals surface area contributed by atoms with Gasteiger partial charge in [-0.3, -0.25) is 4.40 Å². The Labute approximate surface area is 97.3 Å². The lowest BCUT2D eigenvalue weighted by molar-refractivity contribution is 0.234. The van der Waals surface area contributed by atoms with Gasteiger partial charge in [-0.1, -0.05) is 23.5 Å². The summed E-state index contributed by atoms with van der Waals surface area (Å²) in [6, 6.07) is 8.29. The van der Waals surface area contributed by atoms with E-state index in [4.69, 9.17) is 4.74 Å². The van der Waals surface area contributed by atoms with Crippen molar-refractivity contribution in [2.45, 2.75) is 20.0 Å². The van der Waals surface area contributed by atoms with Crippen LogP contribution in [0.5, 0.6) is 5.88 Å². The fourth-order valence-corrected chi connectivity index (χ4v) is 2.73. The lowest BCUT2D eigenvalue weighted by Gasteiger charge is -2.04. The summed E-state index contributed by atoms with van der Waals surface area (Å²) in [5.74, 6) is 0.701. The predicted octanol–water partition coefficient (Wildman–Crippen LogP) is 3.34. The maximum Gasteiger partial charge on any atom is 0.233 e. The standard InChI is InChI=1S/C12H12N2OS/c1-8(2)15-11-7-14-9-5-3-4-6-10(9)16-12(14)13-11/h3-8H,1-2H3. The summed E-state index contributed by atoms with van der Waals surface area (Å²) in [5.41, 5.74) is 1.19. The monoisotopic (exact) mass is 232 g/mol. The zero-order chi connectivity index (χ0) is 11.1. The second kappa shape index (κ2) is 3.49. The second-order valence-electron chi connectivity index (χ2n) is 3.97. The molecule has 3 rings (SSSR count). The molecule has 2 aromatic heterocycles. The molecular weight excluding hydrogens is 220 g/mol. The Morgan fingerprint density at radius 1 is 1.31 bits per heavy atom. The van der Waals surface area contributed by atoms with E-state index in [9.17, 15) is 0 Å². The number of thiazole rings is 1. The lowest BCUT2D eigenvalue weighted by Crippen LogP contribution is -2.05. The van der Waals surface area contributed by atoms with Gasteiger partial charge in [-0.2, -0.15) is 4.98 Å². The SMILES string of the molecule is CC(C)Oc1cn2c(n1)sc1ccccc12. The van der Waals surface area contributed by atoms with Gasteiger partial charge in [0, 0.05) is 0 Å². The van der Waals surface area contributed by atoms with Crippen LogP contribution in [0.1, 0.15) is 13.8 Å². The first-order valence-corrected chi connectivity index (χ1v) is 6.09. The number of hydrogen-bond acceptors (Lipinski definition) is 3. The molecule has 0 spiro atoms. The predicted molar refractivity (Wildman–Crippen MR) is 66.3 cm³/mol. The molecule has 0 bridgehead atoms. The summed E-state index contributed by atoms with van der Waals surface area (Å²) in [6.45, 7) is 4.01. The van der Waals surface area contributed by atoms with Gasteiger partial charge in [-0.05, 0) is 26.0 Å². The number of benzene rings is 1. The number of rotatable bonds is 2. The fraction of sp³-hybridized carbons (Fsp3) is 0.250. The van der Waals surface area contributed by atoms with Crippen molar-refractivity contribution in [3.63, 3.8) is 0 Å². The summed E-state index contributed by atoms with van der Waals surface area (Å²) < 4.78 is 8.91. The summed E-state index contributed by atoms with van der Waals surface area (Å²) in [6.07, 6.45) is 2.12. The highest BCUT2D eigenvalue weighted by atomic mass is 32.1. The van der Waals surface area contributed by atoms with Gasteiger partial charge in [0.25, 0.3) is 0 Å². The quantitative estimate of drug-likeness (QED) is 0.677. The molecule has 0 fully saturated rings. The maximum absolute atomic E-state index is 5.58. The fourth-order valence-electron chi connectivity index (χ4n) is 1.73. The van der Waals surface area contributed by atoms with E-state index in [-0.39, 0.29) is 6.10 Å². The Kier molecular flexibility index (Phi) is 2.11. The van der Waals surface area contributed by atoms with Gasteiger partial charge in [-0.15, -0.1) is 0 Å². The molecule has 3 nitrogen and oxygen atoms in total. The Morgan fingerprint density at radius 3 is 2.94 bits per heavy atom.